The predicted octanol–water partition coefficient (Wildman–Crippen LogP) is 3.64. The summed E-state index contributed by atoms with van der Waals surface area (Å²) in [6.45, 7) is 0. The van der Waals surface area contributed by atoms with Gasteiger partial charge in [0.1, 0.15) is 11.6 Å². The van der Waals surface area contributed by atoms with Gasteiger partial charge in [0.05, 0.1) is 21.5 Å². The Hall–Kier alpha value is -2.04. The molecule has 0 bridgehead atoms. The Kier molecular flexibility index (Phi) is 4.67. The molecule has 0 spiro atoms. The maximum Gasteiger partial charge on any atom is 0.323 e. The number of aromatic nitrogens is 2. The second-order valence-electron chi connectivity index (χ2n) is 6.93. The van der Waals surface area contributed by atoms with Gasteiger partial charge in [0.25, 0.3) is 0 Å². The fourth-order valence-corrected chi connectivity index (χ4v) is 6.35. The Balaban J connectivity index is 1.80. The van der Waals surface area contributed by atoms with Crippen LogP contribution >= 0.6 is 15.9 Å². The molecule has 1 aromatic heterocycles. The van der Waals surface area contributed by atoms with Crippen LogP contribution in [0.15, 0.2) is 44.5 Å². The first kappa shape index (κ1) is 19.3. The standard InChI is InChI=1S/C18H16BrF2N3O3S/c19-12-8-14-15(23-17(25)22-14)9-16(12)28(26,27)24-18(5-1-2-6-18)11-4-3-10(20)7-13(11)21/h3-4,7-9,24H,1-2,5-6H2,(H2,22,23,25). The second-order valence-corrected chi connectivity index (χ2v) is 9.43. The van der Waals surface area contributed by atoms with Gasteiger partial charge in [0.15, 0.2) is 0 Å². The maximum atomic E-state index is 14.5. The number of hydrogen-bond donors (Lipinski definition) is 3. The van der Waals surface area contributed by atoms with Crippen molar-refractivity contribution in [1.29, 1.82) is 0 Å². The lowest BCUT2D eigenvalue weighted by atomic mass is 9.89. The molecule has 1 fully saturated rings. The third kappa shape index (κ3) is 3.29. The van der Waals surface area contributed by atoms with E-state index < -0.39 is 32.9 Å². The van der Waals surface area contributed by atoms with Crippen LogP contribution in [0.1, 0.15) is 31.2 Å². The van der Waals surface area contributed by atoms with E-state index in [1.807, 2.05) is 0 Å². The number of hydrogen-bond acceptors (Lipinski definition) is 3. The number of nitrogens with one attached hydrogen (secondary N) is 3. The summed E-state index contributed by atoms with van der Waals surface area (Å²) in [5, 5.41) is 0. The molecular formula is C18H16BrF2N3O3S. The van der Waals surface area contributed by atoms with Gasteiger partial charge in [-0.1, -0.05) is 18.9 Å². The van der Waals surface area contributed by atoms with Crippen molar-refractivity contribution in [2.75, 3.05) is 0 Å². The number of imidazole rings is 1. The Labute approximate surface area is 167 Å². The molecule has 0 amide bonds. The number of fused-ring (bicyclic) bond motifs is 1. The second kappa shape index (κ2) is 6.78. The minimum Gasteiger partial charge on any atom is -0.306 e. The van der Waals surface area contributed by atoms with Gasteiger partial charge in [-0.25, -0.2) is 26.7 Å². The van der Waals surface area contributed by atoms with Crippen molar-refractivity contribution >= 4 is 37.0 Å². The molecule has 0 unspecified atom stereocenters. The third-order valence-corrected chi connectivity index (χ3v) is 7.59. The summed E-state index contributed by atoms with van der Waals surface area (Å²) in [7, 11) is -4.08. The molecule has 1 aliphatic rings. The molecule has 1 saturated carbocycles. The number of benzene rings is 2. The highest BCUT2D eigenvalue weighted by molar-refractivity contribution is 9.10. The number of H-pyrrole nitrogens is 2. The van der Waals surface area contributed by atoms with E-state index in [-0.39, 0.29) is 14.9 Å². The van der Waals surface area contributed by atoms with Crippen molar-refractivity contribution in [2.24, 2.45) is 0 Å². The lowest BCUT2D eigenvalue weighted by Crippen LogP contribution is -2.44. The van der Waals surface area contributed by atoms with E-state index >= 15 is 0 Å². The number of aromatic amines is 2. The minimum absolute atomic E-state index is 0.0796. The van der Waals surface area contributed by atoms with Crippen LogP contribution in [-0.4, -0.2) is 18.4 Å². The van der Waals surface area contributed by atoms with Gasteiger partial charge in [-0.15, -0.1) is 0 Å². The molecule has 6 nitrogen and oxygen atoms in total. The largest absolute Gasteiger partial charge is 0.323 e. The molecule has 0 radical (unpaired) electrons. The van der Waals surface area contributed by atoms with Gasteiger partial charge < -0.3 is 9.97 Å². The molecular weight excluding hydrogens is 456 g/mol. The lowest BCUT2D eigenvalue weighted by molar-refractivity contribution is 0.384. The predicted molar refractivity (Wildman–Crippen MR) is 103 cm³/mol. The molecule has 2 aromatic carbocycles. The average Bonchev–Trinajstić information content (AvgIpc) is 3.19. The fourth-order valence-electron chi connectivity index (χ4n) is 3.84. The third-order valence-electron chi connectivity index (χ3n) is 5.09. The first-order valence-electron chi connectivity index (χ1n) is 8.61. The summed E-state index contributed by atoms with van der Waals surface area (Å²) < 4.78 is 57.1. The molecule has 4 rings (SSSR count). The van der Waals surface area contributed by atoms with E-state index in [0.717, 1.165) is 12.1 Å². The van der Waals surface area contributed by atoms with Gasteiger partial charge in [0, 0.05) is 16.1 Å². The monoisotopic (exact) mass is 471 g/mol. The summed E-state index contributed by atoms with van der Waals surface area (Å²) in [5.74, 6) is -1.50. The summed E-state index contributed by atoms with van der Waals surface area (Å²) in [6, 6.07) is 6.00. The zero-order chi connectivity index (χ0) is 20.1. The number of halogens is 3. The molecule has 1 heterocycles. The van der Waals surface area contributed by atoms with Gasteiger partial charge in [-0.3, -0.25) is 0 Å². The highest BCUT2D eigenvalue weighted by Crippen LogP contribution is 2.41. The van der Waals surface area contributed by atoms with Crippen molar-refractivity contribution in [2.45, 2.75) is 36.1 Å². The van der Waals surface area contributed by atoms with Crippen LogP contribution in [0.25, 0.3) is 11.0 Å². The SMILES string of the molecule is O=c1[nH]c2cc(Br)c(S(=O)(=O)NC3(c4ccc(F)cc4F)CCCC3)cc2[nH]1. The summed E-state index contributed by atoms with van der Waals surface area (Å²) >= 11 is 3.23. The molecule has 0 atom stereocenters. The van der Waals surface area contributed by atoms with E-state index in [1.54, 1.807) is 0 Å². The Morgan fingerprint density at radius 2 is 1.68 bits per heavy atom. The van der Waals surface area contributed by atoms with E-state index in [1.165, 1.54) is 18.2 Å². The average molecular weight is 472 g/mol. The van der Waals surface area contributed by atoms with Crippen molar-refractivity contribution in [3.8, 4) is 0 Å². The Morgan fingerprint density at radius 3 is 2.32 bits per heavy atom. The van der Waals surface area contributed by atoms with Crippen LogP contribution < -0.4 is 10.4 Å². The first-order valence-corrected chi connectivity index (χ1v) is 10.9. The van der Waals surface area contributed by atoms with Crippen LogP contribution in [-0.2, 0) is 15.6 Å². The zero-order valence-electron chi connectivity index (χ0n) is 14.5. The van der Waals surface area contributed by atoms with E-state index in [0.29, 0.717) is 36.7 Å². The molecule has 3 N–H and O–H groups in total. The smallest absolute Gasteiger partial charge is 0.306 e. The molecule has 28 heavy (non-hydrogen) atoms. The highest BCUT2D eigenvalue weighted by Gasteiger charge is 2.42. The van der Waals surface area contributed by atoms with Crippen molar-refractivity contribution in [1.82, 2.24) is 14.7 Å². The van der Waals surface area contributed by atoms with Gasteiger partial charge >= 0.3 is 5.69 Å². The quantitative estimate of drug-likeness (QED) is 0.541. The van der Waals surface area contributed by atoms with Crippen molar-refractivity contribution < 1.29 is 17.2 Å². The number of rotatable bonds is 4. The molecule has 148 valence electrons. The summed E-state index contributed by atoms with van der Waals surface area (Å²) in [4.78, 5) is 16.5. The van der Waals surface area contributed by atoms with E-state index in [2.05, 4.69) is 30.6 Å². The number of sulfonamides is 1. The van der Waals surface area contributed by atoms with Crippen LogP contribution in [0.3, 0.4) is 0 Å². The Bertz CT molecular complexity index is 1230. The van der Waals surface area contributed by atoms with Crippen LogP contribution in [0, 0.1) is 11.6 Å². The van der Waals surface area contributed by atoms with Crippen LogP contribution in [0.2, 0.25) is 0 Å². The highest BCUT2D eigenvalue weighted by atomic mass is 79.9. The molecule has 3 aromatic rings. The van der Waals surface area contributed by atoms with Crippen LogP contribution in [0.5, 0.6) is 0 Å². The first-order chi connectivity index (χ1) is 13.2. The maximum absolute atomic E-state index is 14.5. The van der Waals surface area contributed by atoms with E-state index in [9.17, 15) is 22.0 Å². The molecule has 1 aliphatic carbocycles. The Morgan fingerprint density at radius 1 is 1.04 bits per heavy atom. The van der Waals surface area contributed by atoms with Gasteiger partial charge in [-0.2, -0.15) is 0 Å². The molecule has 0 aliphatic heterocycles. The van der Waals surface area contributed by atoms with Crippen LogP contribution in [0.4, 0.5) is 8.78 Å². The van der Waals surface area contributed by atoms with Gasteiger partial charge in [-0.05, 0) is 47.0 Å². The topological polar surface area (TPSA) is 94.8 Å². The fraction of sp³-hybridized carbons (Fsp3) is 0.278. The minimum atomic E-state index is -4.08. The van der Waals surface area contributed by atoms with E-state index in [4.69, 9.17) is 0 Å². The molecule has 10 heteroatoms. The normalized spacial score (nSPS) is 16.7. The van der Waals surface area contributed by atoms with Crippen molar-refractivity contribution in [3.05, 3.63) is 62.5 Å². The zero-order valence-corrected chi connectivity index (χ0v) is 16.9. The lowest BCUT2D eigenvalue weighted by Gasteiger charge is -2.31. The van der Waals surface area contributed by atoms with Crippen molar-refractivity contribution in [3.63, 3.8) is 0 Å². The van der Waals surface area contributed by atoms with Gasteiger partial charge in [0.2, 0.25) is 10.0 Å². The molecule has 0 saturated heterocycles. The summed E-state index contributed by atoms with van der Waals surface area (Å²) in [6.07, 6.45) is 2.22. The summed E-state index contributed by atoms with van der Waals surface area (Å²) in [5.41, 5.74) is -0.693.